The number of aryl methyl sites for hydroxylation is 2. The molecular formula is C19H18N4O3S3. The van der Waals surface area contributed by atoms with Crippen LogP contribution in [0.3, 0.4) is 0 Å². The molecule has 2 N–H and O–H groups in total. The molecule has 0 unspecified atom stereocenters. The van der Waals surface area contributed by atoms with Gasteiger partial charge in [-0.05, 0) is 43.4 Å². The van der Waals surface area contributed by atoms with Crippen LogP contribution in [-0.4, -0.2) is 40.9 Å². The number of anilines is 1. The monoisotopic (exact) mass is 446 g/mol. The number of amides is 1. The summed E-state index contributed by atoms with van der Waals surface area (Å²) >= 11 is 2.98. The molecule has 5 rings (SSSR count). The van der Waals surface area contributed by atoms with E-state index in [1.807, 2.05) is 0 Å². The summed E-state index contributed by atoms with van der Waals surface area (Å²) in [6, 6.07) is 6.29. The van der Waals surface area contributed by atoms with Gasteiger partial charge in [-0.2, -0.15) is 0 Å². The van der Waals surface area contributed by atoms with Gasteiger partial charge in [-0.15, -0.1) is 11.3 Å². The predicted molar refractivity (Wildman–Crippen MR) is 114 cm³/mol. The molecule has 0 saturated heterocycles. The van der Waals surface area contributed by atoms with Gasteiger partial charge in [0.05, 0.1) is 10.9 Å². The molecule has 0 atom stereocenters. The molecule has 2 aliphatic rings. The molecule has 0 saturated carbocycles. The van der Waals surface area contributed by atoms with Crippen LogP contribution in [0.2, 0.25) is 0 Å². The largest absolute Gasteiger partial charge is 0.383 e. The van der Waals surface area contributed by atoms with Gasteiger partial charge in [0, 0.05) is 17.2 Å². The second kappa shape index (κ2) is 6.96. The van der Waals surface area contributed by atoms with Crippen LogP contribution >= 0.6 is 23.1 Å². The zero-order valence-corrected chi connectivity index (χ0v) is 17.9. The number of hydrogen-bond donors (Lipinski definition) is 1. The number of carbonyl (C=O) groups excluding carboxylic acids is 1. The highest BCUT2D eigenvalue weighted by Crippen LogP contribution is 2.38. The topological polar surface area (TPSA) is 106 Å². The molecule has 0 spiro atoms. The third-order valence-corrected chi connectivity index (χ3v) is 9.11. The summed E-state index contributed by atoms with van der Waals surface area (Å²) in [7, 11) is -3.79. The number of thiophene rings is 1. The fraction of sp³-hybridized carbons (Fsp3) is 0.316. The van der Waals surface area contributed by atoms with E-state index in [-0.39, 0.29) is 17.0 Å². The Labute approximate surface area is 176 Å². The zero-order chi connectivity index (χ0) is 20.2. The van der Waals surface area contributed by atoms with E-state index in [1.165, 1.54) is 34.7 Å². The summed E-state index contributed by atoms with van der Waals surface area (Å²) in [6.07, 6.45) is 4.43. The first kappa shape index (κ1) is 18.8. The first-order valence-electron chi connectivity index (χ1n) is 9.33. The van der Waals surface area contributed by atoms with Crippen molar-refractivity contribution in [3.05, 3.63) is 40.3 Å². The highest BCUT2D eigenvalue weighted by atomic mass is 32.2. The van der Waals surface area contributed by atoms with Gasteiger partial charge in [0.2, 0.25) is 0 Å². The Bertz CT molecular complexity index is 1250. The number of nitrogens with two attached hydrogens (primary N) is 1. The van der Waals surface area contributed by atoms with Gasteiger partial charge >= 0.3 is 0 Å². The van der Waals surface area contributed by atoms with Gasteiger partial charge in [-0.3, -0.25) is 4.79 Å². The molecule has 2 aromatic heterocycles. The Hall–Kier alpha value is -2.17. The third kappa shape index (κ3) is 3.01. The Morgan fingerprint density at radius 3 is 2.79 bits per heavy atom. The smallest absolute Gasteiger partial charge is 0.269 e. The summed E-state index contributed by atoms with van der Waals surface area (Å²) in [5.74, 6) is 0.354. The van der Waals surface area contributed by atoms with E-state index in [1.54, 1.807) is 29.5 Å². The average molecular weight is 447 g/mol. The van der Waals surface area contributed by atoms with Crippen molar-refractivity contribution in [2.24, 2.45) is 0 Å². The first-order chi connectivity index (χ1) is 14.0. The van der Waals surface area contributed by atoms with Gasteiger partial charge in [0.15, 0.2) is 5.16 Å². The van der Waals surface area contributed by atoms with Crippen molar-refractivity contribution in [3.8, 4) is 0 Å². The lowest BCUT2D eigenvalue weighted by molar-refractivity contribution is 0.0876. The Kier molecular flexibility index (Phi) is 4.52. The first-order valence-corrected chi connectivity index (χ1v) is 12.6. The molecule has 3 aromatic rings. The molecular weight excluding hydrogens is 428 g/mol. The molecule has 150 valence electrons. The van der Waals surface area contributed by atoms with Crippen molar-refractivity contribution >= 4 is 55.1 Å². The number of nitrogen functional groups attached to an aromatic ring is 1. The van der Waals surface area contributed by atoms with Gasteiger partial charge in [0.1, 0.15) is 15.5 Å². The fourth-order valence-electron chi connectivity index (χ4n) is 3.90. The number of sulfonamides is 1. The molecule has 0 fully saturated rings. The molecule has 3 heterocycles. The van der Waals surface area contributed by atoms with Crippen molar-refractivity contribution in [1.29, 1.82) is 0 Å². The summed E-state index contributed by atoms with van der Waals surface area (Å²) in [4.78, 5) is 23.9. The number of thioether (sulfide) groups is 1. The maximum atomic E-state index is 12.6. The lowest BCUT2D eigenvalue weighted by Gasteiger charge is -2.14. The lowest BCUT2D eigenvalue weighted by Crippen LogP contribution is -2.32. The van der Waals surface area contributed by atoms with E-state index in [4.69, 9.17) is 5.73 Å². The molecule has 0 bridgehead atoms. The fourth-order valence-corrected chi connectivity index (χ4v) is 7.69. The van der Waals surface area contributed by atoms with Crippen molar-refractivity contribution in [3.63, 3.8) is 0 Å². The minimum atomic E-state index is -3.79. The normalized spacial score (nSPS) is 17.5. The number of fused-ring (bicyclic) bond motifs is 4. The molecule has 1 aliphatic carbocycles. The second-order valence-electron chi connectivity index (χ2n) is 7.01. The van der Waals surface area contributed by atoms with E-state index in [2.05, 4.69) is 9.97 Å². The molecule has 0 radical (unpaired) electrons. The van der Waals surface area contributed by atoms with Crippen molar-refractivity contribution < 1.29 is 13.2 Å². The lowest BCUT2D eigenvalue weighted by atomic mass is 9.97. The summed E-state index contributed by atoms with van der Waals surface area (Å²) in [5.41, 5.74) is 7.74. The number of carbonyl (C=O) groups is 1. The van der Waals surface area contributed by atoms with Crippen LogP contribution in [0.1, 0.15) is 33.6 Å². The highest BCUT2D eigenvalue weighted by Gasteiger charge is 2.40. The number of hydrogen-bond acceptors (Lipinski definition) is 8. The van der Waals surface area contributed by atoms with Gasteiger partial charge in [-0.1, -0.05) is 23.9 Å². The SMILES string of the molecule is Nc1nc(SCCN2C(=O)c3ccccc3S2(=O)=O)nc2sc3c(c12)CCCC3. The van der Waals surface area contributed by atoms with Crippen molar-refractivity contribution in [1.82, 2.24) is 14.3 Å². The van der Waals surface area contributed by atoms with Gasteiger partial charge < -0.3 is 5.73 Å². The van der Waals surface area contributed by atoms with E-state index in [0.717, 1.165) is 33.8 Å². The Morgan fingerprint density at radius 1 is 1.17 bits per heavy atom. The quantitative estimate of drug-likeness (QED) is 0.485. The Balaban J connectivity index is 1.35. The van der Waals surface area contributed by atoms with Gasteiger partial charge in [-0.25, -0.2) is 22.7 Å². The van der Waals surface area contributed by atoms with E-state index >= 15 is 0 Å². The van der Waals surface area contributed by atoms with Gasteiger partial charge in [0.25, 0.3) is 15.9 Å². The minimum Gasteiger partial charge on any atom is -0.383 e. The van der Waals surface area contributed by atoms with Crippen LogP contribution < -0.4 is 5.73 Å². The maximum Gasteiger partial charge on any atom is 0.269 e. The maximum absolute atomic E-state index is 12.6. The molecule has 29 heavy (non-hydrogen) atoms. The van der Waals surface area contributed by atoms with Crippen LogP contribution in [0.5, 0.6) is 0 Å². The number of aromatic nitrogens is 2. The van der Waals surface area contributed by atoms with E-state index < -0.39 is 15.9 Å². The van der Waals surface area contributed by atoms with Crippen LogP contribution in [0.25, 0.3) is 10.2 Å². The second-order valence-corrected chi connectivity index (χ2v) is 11.0. The van der Waals surface area contributed by atoms with Crippen LogP contribution in [0, 0.1) is 0 Å². The molecule has 1 aromatic carbocycles. The van der Waals surface area contributed by atoms with E-state index in [9.17, 15) is 13.2 Å². The number of rotatable bonds is 4. The standard InChI is InChI=1S/C19H18N4O3S3/c20-16-15-11-5-1-3-7-13(11)28-17(15)22-19(21-16)27-10-9-23-18(24)12-6-2-4-8-14(12)29(23,25)26/h2,4,6,8H,1,3,5,7,9-10H2,(H2,20,21,22). The van der Waals surface area contributed by atoms with Crippen LogP contribution in [-0.2, 0) is 22.9 Å². The summed E-state index contributed by atoms with van der Waals surface area (Å²) in [5, 5.41) is 1.48. The average Bonchev–Trinajstić information content (AvgIpc) is 3.17. The number of nitrogens with zero attached hydrogens (tertiary/aromatic N) is 3. The molecule has 7 nitrogen and oxygen atoms in total. The molecule has 1 amide bonds. The Morgan fingerprint density at radius 2 is 1.97 bits per heavy atom. The van der Waals surface area contributed by atoms with Crippen molar-refractivity contribution in [2.45, 2.75) is 35.7 Å². The van der Waals surface area contributed by atoms with Crippen molar-refractivity contribution in [2.75, 3.05) is 18.0 Å². The summed E-state index contributed by atoms with van der Waals surface area (Å²) in [6.45, 7) is 0.0583. The zero-order valence-electron chi connectivity index (χ0n) is 15.4. The molecule has 10 heteroatoms. The minimum absolute atomic E-state index is 0.0583. The number of benzene rings is 1. The van der Waals surface area contributed by atoms with Crippen LogP contribution in [0.4, 0.5) is 5.82 Å². The van der Waals surface area contributed by atoms with Crippen LogP contribution in [0.15, 0.2) is 34.3 Å². The highest BCUT2D eigenvalue weighted by molar-refractivity contribution is 7.99. The van der Waals surface area contributed by atoms with E-state index in [0.29, 0.717) is 16.7 Å². The molecule has 1 aliphatic heterocycles. The summed E-state index contributed by atoms with van der Waals surface area (Å²) < 4.78 is 26.2. The third-order valence-electron chi connectivity index (χ3n) is 5.26. The predicted octanol–water partition coefficient (Wildman–Crippen LogP) is 3.09.